The second-order valence-electron chi connectivity index (χ2n) is 5.16. The zero-order chi connectivity index (χ0) is 15.5. The van der Waals surface area contributed by atoms with Crippen LogP contribution in [0, 0.1) is 0 Å². The van der Waals surface area contributed by atoms with Crippen molar-refractivity contribution in [2.24, 2.45) is 10.7 Å². The highest BCUT2D eigenvalue weighted by atomic mass is 79.9. The van der Waals surface area contributed by atoms with Crippen molar-refractivity contribution in [3.05, 3.63) is 69.7 Å². The van der Waals surface area contributed by atoms with Gasteiger partial charge >= 0.3 is 0 Å². The molecule has 0 radical (unpaired) electrons. The summed E-state index contributed by atoms with van der Waals surface area (Å²) in [5, 5.41) is 1.03. The quantitative estimate of drug-likeness (QED) is 0.830. The number of benzene rings is 2. The summed E-state index contributed by atoms with van der Waals surface area (Å²) in [5.41, 5.74) is 8.25. The third kappa shape index (κ3) is 3.59. The molecule has 5 heteroatoms. The Balaban J connectivity index is 1.77. The monoisotopic (exact) mass is 374 g/mol. The molecule has 2 N–H and O–H groups in total. The number of rotatable bonds is 4. The van der Waals surface area contributed by atoms with E-state index < -0.39 is 0 Å². The number of aliphatic imine (C=N–C) groups is 1. The van der Waals surface area contributed by atoms with Crippen LogP contribution in [0.25, 0.3) is 0 Å². The molecular weight excluding hydrogens is 360 g/mol. The van der Waals surface area contributed by atoms with E-state index in [1.807, 2.05) is 48.5 Å². The molecule has 0 saturated heterocycles. The summed E-state index contributed by atoms with van der Waals surface area (Å²) < 4.78 is 0.907. The van der Waals surface area contributed by atoms with Crippen LogP contribution in [0.15, 0.2) is 58.0 Å². The SMILES string of the molecule is NC1=NCC(Cc2cccc(C(=O)c3cccc(Br)c3)c2)S1. The Morgan fingerprint density at radius 3 is 2.64 bits per heavy atom. The van der Waals surface area contributed by atoms with Gasteiger partial charge in [-0.15, -0.1) is 0 Å². The molecule has 1 heterocycles. The van der Waals surface area contributed by atoms with Gasteiger partial charge in [0.1, 0.15) is 0 Å². The number of carbonyl (C=O) groups is 1. The Morgan fingerprint density at radius 2 is 1.95 bits per heavy atom. The summed E-state index contributed by atoms with van der Waals surface area (Å²) in [5.74, 6) is 0.0398. The van der Waals surface area contributed by atoms with E-state index in [1.165, 1.54) is 0 Å². The van der Waals surface area contributed by atoms with Gasteiger partial charge in [0.05, 0.1) is 6.54 Å². The van der Waals surface area contributed by atoms with Crippen molar-refractivity contribution >= 4 is 38.6 Å². The zero-order valence-electron chi connectivity index (χ0n) is 11.8. The fraction of sp³-hybridized carbons (Fsp3) is 0.176. The number of nitrogens with zero attached hydrogens (tertiary/aromatic N) is 1. The van der Waals surface area contributed by atoms with Gasteiger partial charge in [-0.25, -0.2) is 0 Å². The van der Waals surface area contributed by atoms with Crippen molar-refractivity contribution in [3.8, 4) is 0 Å². The number of hydrogen-bond donors (Lipinski definition) is 1. The van der Waals surface area contributed by atoms with Crippen LogP contribution in [0.5, 0.6) is 0 Å². The highest BCUT2D eigenvalue weighted by molar-refractivity contribution is 9.10. The van der Waals surface area contributed by atoms with Crippen molar-refractivity contribution in [1.82, 2.24) is 0 Å². The van der Waals surface area contributed by atoms with Gasteiger partial charge in [0.2, 0.25) is 0 Å². The molecule has 1 unspecified atom stereocenters. The van der Waals surface area contributed by atoms with E-state index in [-0.39, 0.29) is 5.78 Å². The summed E-state index contributed by atoms with van der Waals surface area (Å²) >= 11 is 5.01. The molecule has 1 aliphatic rings. The number of carbonyl (C=O) groups excluding carboxylic acids is 1. The number of hydrogen-bond acceptors (Lipinski definition) is 4. The maximum atomic E-state index is 12.6. The third-order valence-electron chi connectivity index (χ3n) is 3.48. The highest BCUT2D eigenvalue weighted by Gasteiger charge is 2.18. The first-order chi connectivity index (χ1) is 10.6. The van der Waals surface area contributed by atoms with Crippen LogP contribution < -0.4 is 5.73 Å². The predicted molar refractivity (Wildman–Crippen MR) is 95.6 cm³/mol. The molecule has 22 heavy (non-hydrogen) atoms. The third-order valence-corrected chi connectivity index (χ3v) is 4.99. The van der Waals surface area contributed by atoms with Crippen LogP contribution >= 0.6 is 27.7 Å². The van der Waals surface area contributed by atoms with Crippen molar-refractivity contribution in [3.63, 3.8) is 0 Å². The molecule has 112 valence electrons. The van der Waals surface area contributed by atoms with Crippen LogP contribution in [0.3, 0.4) is 0 Å². The molecule has 3 rings (SSSR count). The first-order valence-electron chi connectivity index (χ1n) is 6.97. The second-order valence-corrected chi connectivity index (χ2v) is 7.40. The number of thioether (sulfide) groups is 1. The maximum Gasteiger partial charge on any atom is 0.193 e. The molecule has 0 fully saturated rings. The highest BCUT2D eigenvalue weighted by Crippen LogP contribution is 2.23. The molecule has 0 spiro atoms. The number of nitrogens with two attached hydrogens (primary N) is 1. The van der Waals surface area contributed by atoms with Crippen molar-refractivity contribution < 1.29 is 4.79 Å². The predicted octanol–water partition coefficient (Wildman–Crippen LogP) is 3.65. The summed E-state index contributed by atoms with van der Waals surface area (Å²) in [6.45, 7) is 0.750. The normalized spacial score (nSPS) is 17.3. The lowest BCUT2D eigenvalue weighted by molar-refractivity contribution is 0.103. The lowest BCUT2D eigenvalue weighted by atomic mass is 9.99. The summed E-state index contributed by atoms with van der Waals surface area (Å²) in [6, 6.07) is 15.3. The molecular formula is C17H15BrN2OS. The molecule has 0 aromatic heterocycles. The lowest BCUT2D eigenvalue weighted by Crippen LogP contribution is -2.10. The number of amidine groups is 1. The molecule has 1 atom stereocenters. The Morgan fingerprint density at radius 1 is 1.23 bits per heavy atom. The molecule has 0 bridgehead atoms. The Kier molecular flexibility index (Phi) is 4.64. The first-order valence-corrected chi connectivity index (χ1v) is 8.65. The number of halogens is 1. The van der Waals surface area contributed by atoms with Gasteiger partial charge in [0.25, 0.3) is 0 Å². The van der Waals surface area contributed by atoms with Gasteiger partial charge in [-0.1, -0.05) is 58.0 Å². The fourth-order valence-corrected chi connectivity index (χ4v) is 3.76. The van der Waals surface area contributed by atoms with Crippen molar-refractivity contribution in [1.29, 1.82) is 0 Å². The van der Waals surface area contributed by atoms with E-state index in [2.05, 4.69) is 20.9 Å². The average Bonchev–Trinajstić information content (AvgIpc) is 2.92. The van der Waals surface area contributed by atoms with E-state index in [4.69, 9.17) is 5.73 Å². The minimum atomic E-state index is 0.0398. The molecule has 1 aliphatic heterocycles. The van der Waals surface area contributed by atoms with E-state index in [0.29, 0.717) is 21.5 Å². The average molecular weight is 375 g/mol. The van der Waals surface area contributed by atoms with Crippen molar-refractivity contribution in [2.75, 3.05) is 6.54 Å². The fourth-order valence-electron chi connectivity index (χ4n) is 2.44. The van der Waals surface area contributed by atoms with E-state index in [9.17, 15) is 4.79 Å². The van der Waals surface area contributed by atoms with Gasteiger partial charge in [-0.3, -0.25) is 9.79 Å². The smallest absolute Gasteiger partial charge is 0.193 e. The van der Waals surface area contributed by atoms with Crippen LogP contribution in [0.4, 0.5) is 0 Å². The summed E-state index contributed by atoms with van der Waals surface area (Å²) in [6.07, 6.45) is 0.870. The zero-order valence-corrected chi connectivity index (χ0v) is 14.2. The maximum absolute atomic E-state index is 12.6. The van der Waals surface area contributed by atoms with Gasteiger partial charge in [-0.05, 0) is 30.2 Å². The molecule has 2 aromatic carbocycles. The van der Waals surface area contributed by atoms with Crippen LogP contribution in [-0.4, -0.2) is 22.7 Å². The largest absolute Gasteiger partial charge is 0.379 e. The second kappa shape index (κ2) is 6.67. The number of ketones is 1. The van der Waals surface area contributed by atoms with Gasteiger partial charge < -0.3 is 5.73 Å². The summed E-state index contributed by atoms with van der Waals surface area (Å²) in [4.78, 5) is 16.8. The molecule has 3 nitrogen and oxygen atoms in total. The topological polar surface area (TPSA) is 55.4 Å². The Bertz CT molecular complexity index is 745. The van der Waals surface area contributed by atoms with Crippen LogP contribution in [0.2, 0.25) is 0 Å². The lowest BCUT2D eigenvalue weighted by Gasteiger charge is -2.09. The molecule has 0 amide bonds. The first kappa shape index (κ1) is 15.3. The van der Waals surface area contributed by atoms with Crippen LogP contribution in [0.1, 0.15) is 21.5 Å². The van der Waals surface area contributed by atoms with E-state index >= 15 is 0 Å². The van der Waals surface area contributed by atoms with Gasteiger partial charge in [-0.2, -0.15) is 0 Å². The Hall–Kier alpha value is -1.59. The van der Waals surface area contributed by atoms with E-state index in [1.54, 1.807) is 11.8 Å². The van der Waals surface area contributed by atoms with Crippen LogP contribution in [-0.2, 0) is 6.42 Å². The molecule has 0 aliphatic carbocycles. The Labute approximate surface area is 142 Å². The standard InChI is InChI=1S/C17H15BrN2OS/c18-14-6-2-5-13(9-14)16(21)12-4-1-3-11(7-12)8-15-10-20-17(19)22-15/h1-7,9,15H,8,10H2,(H2,19,20). The van der Waals surface area contributed by atoms with Gasteiger partial charge in [0, 0.05) is 20.8 Å². The van der Waals surface area contributed by atoms with Crippen molar-refractivity contribution in [2.45, 2.75) is 11.7 Å². The van der Waals surface area contributed by atoms with E-state index in [0.717, 1.165) is 23.0 Å². The molecule has 0 saturated carbocycles. The molecule has 2 aromatic rings. The summed E-state index contributed by atoms with van der Waals surface area (Å²) in [7, 11) is 0. The minimum Gasteiger partial charge on any atom is -0.379 e. The minimum absolute atomic E-state index is 0.0398. The van der Waals surface area contributed by atoms with Gasteiger partial charge in [0.15, 0.2) is 11.0 Å².